The summed E-state index contributed by atoms with van der Waals surface area (Å²) in [7, 11) is 0. The molecular formula is C15H21NO2. The molecule has 2 aliphatic rings. The molecule has 2 unspecified atom stereocenters. The molecule has 0 bridgehead atoms. The van der Waals surface area contributed by atoms with Gasteiger partial charge in [0.05, 0.1) is 13.2 Å². The second kappa shape index (κ2) is 5.29. The molecule has 1 aromatic rings. The number of nitrogens with two attached hydrogens (primary N) is 1. The Labute approximate surface area is 108 Å². The van der Waals surface area contributed by atoms with Crippen LogP contribution >= 0.6 is 0 Å². The molecule has 0 radical (unpaired) electrons. The van der Waals surface area contributed by atoms with Crippen molar-refractivity contribution in [2.75, 3.05) is 19.8 Å². The van der Waals surface area contributed by atoms with Crippen molar-refractivity contribution in [3.05, 3.63) is 29.3 Å². The lowest BCUT2D eigenvalue weighted by Gasteiger charge is -2.28. The number of hydrogen-bond donors (Lipinski definition) is 1. The quantitative estimate of drug-likeness (QED) is 0.873. The molecule has 18 heavy (non-hydrogen) atoms. The summed E-state index contributed by atoms with van der Waals surface area (Å²) in [6.45, 7) is 2.53. The monoisotopic (exact) mass is 247 g/mol. The maximum atomic E-state index is 6.38. The van der Waals surface area contributed by atoms with Crippen LogP contribution in [0.3, 0.4) is 0 Å². The van der Waals surface area contributed by atoms with Gasteiger partial charge in [0.2, 0.25) is 0 Å². The van der Waals surface area contributed by atoms with Gasteiger partial charge in [0.25, 0.3) is 0 Å². The molecule has 2 heterocycles. The number of benzene rings is 1. The highest BCUT2D eigenvalue weighted by Crippen LogP contribution is 2.31. The molecule has 0 aromatic heterocycles. The van der Waals surface area contributed by atoms with Crippen molar-refractivity contribution in [3.8, 4) is 5.75 Å². The normalized spacial score (nSPS) is 25.1. The predicted octanol–water partition coefficient (Wildman–Crippen LogP) is 2.44. The van der Waals surface area contributed by atoms with Crippen molar-refractivity contribution < 1.29 is 9.47 Å². The zero-order valence-electron chi connectivity index (χ0n) is 10.7. The lowest BCUT2D eigenvalue weighted by molar-refractivity contribution is 0.0447. The highest BCUT2D eigenvalue weighted by molar-refractivity contribution is 5.39. The van der Waals surface area contributed by atoms with Crippen molar-refractivity contribution in [2.45, 2.75) is 31.7 Å². The minimum Gasteiger partial charge on any atom is -0.493 e. The van der Waals surface area contributed by atoms with Crippen LogP contribution in [0, 0.1) is 5.92 Å². The Hall–Kier alpha value is -1.06. The van der Waals surface area contributed by atoms with Gasteiger partial charge in [-0.15, -0.1) is 0 Å². The van der Waals surface area contributed by atoms with E-state index in [9.17, 15) is 0 Å². The van der Waals surface area contributed by atoms with Gasteiger partial charge in [-0.3, -0.25) is 0 Å². The number of fused-ring (bicyclic) bond motifs is 1. The van der Waals surface area contributed by atoms with E-state index in [-0.39, 0.29) is 6.04 Å². The van der Waals surface area contributed by atoms with Gasteiger partial charge < -0.3 is 15.2 Å². The van der Waals surface area contributed by atoms with Crippen LogP contribution in [-0.2, 0) is 11.2 Å². The fraction of sp³-hybridized carbons (Fsp3) is 0.600. The van der Waals surface area contributed by atoms with Gasteiger partial charge >= 0.3 is 0 Å². The summed E-state index contributed by atoms with van der Waals surface area (Å²) < 4.78 is 11.2. The van der Waals surface area contributed by atoms with E-state index in [1.165, 1.54) is 17.5 Å². The van der Waals surface area contributed by atoms with E-state index in [1.807, 2.05) is 0 Å². The molecule has 0 aliphatic carbocycles. The Morgan fingerprint density at radius 2 is 2.17 bits per heavy atom. The molecule has 0 saturated carbocycles. The fourth-order valence-corrected chi connectivity index (χ4v) is 2.91. The van der Waals surface area contributed by atoms with E-state index in [0.717, 1.165) is 44.8 Å². The third kappa shape index (κ3) is 2.38. The Balaban J connectivity index is 1.78. The van der Waals surface area contributed by atoms with Crippen LogP contribution in [0.2, 0.25) is 0 Å². The Bertz CT molecular complexity index is 413. The topological polar surface area (TPSA) is 44.5 Å². The molecule has 1 aromatic carbocycles. The first-order valence-electron chi connectivity index (χ1n) is 6.93. The van der Waals surface area contributed by atoms with Crippen molar-refractivity contribution in [2.24, 2.45) is 11.7 Å². The Morgan fingerprint density at radius 3 is 3.00 bits per heavy atom. The molecule has 2 aliphatic heterocycles. The largest absolute Gasteiger partial charge is 0.493 e. The second-order valence-corrected chi connectivity index (χ2v) is 5.32. The Kier molecular flexibility index (Phi) is 3.52. The lowest BCUT2D eigenvalue weighted by Crippen LogP contribution is -2.29. The minimum atomic E-state index is 0.0949. The van der Waals surface area contributed by atoms with E-state index in [1.54, 1.807) is 0 Å². The molecule has 2 N–H and O–H groups in total. The number of ether oxygens (including phenoxy) is 2. The highest BCUT2D eigenvalue weighted by Gasteiger charge is 2.23. The minimum absolute atomic E-state index is 0.0949. The van der Waals surface area contributed by atoms with Gasteiger partial charge in [0, 0.05) is 18.6 Å². The van der Waals surface area contributed by atoms with Crippen LogP contribution in [0.4, 0.5) is 0 Å². The van der Waals surface area contributed by atoms with Crippen LogP contribution in [0.15, 0.2) is 18.2 Å². The summed E-state index contributed by atoms with van der Waals surface area (Å²) in [5.74, 6) is 1.50. The summed E-state index contributed by atoms with van der Waals surface area (Å²) in [6, 6.07) is 6.52. The van der Waals surface area contributed by atoms with Crippen LogP contribution in [0.25, 0.3) is 0 Å². The number of aryl methyl sites for hydroxylation is 1. The summed E-state index contributed by atoms with van der Waals surface area (Å²) in [4.78, 5) is 0. The average Bonchev–Trinajstić information content (AvgIpc) is 2.47. The van der Waals surface area contributed by atoms with Crippen LogP contribution in [-0.4, -0.2) is 19.8 Å². The van der Waals surface area contributed by atoms with E-state index in [4.69, 9.17) is 15.2 Å². The SMILES string of the molecule is NC(c1ccc2c(c1)CCCO2)C1CCCOC1. The molecular weight excluding hydrogens is 226 g/mol. The highest BCUT2D eigenvalue weighted by atomic mass is 16.5. The average molecular weight is 247 g/mol. The summed E-state index contributed by atoms with van der Waals surface area (Å²) >= 11 is 0. The number of hydrogen-bond acceptors (Lipinski definition) is 3. The molecule has 3 heteroatoms. The van der Waals surface area contributed by atoms with Crippen molar-refractivity contribution in [3.63, 3.8) is 0 Å². The van der Waals surface area contributed by atoms with Crippen LogP contribution in [0.1, 0.15) is 36.4 Å². The smallest absolute Gasteiger partial charge is 0.122 e. The molecule has 1 fully saturated rings. The van der Waals surface area contributed by atoms with E-state index < -0.39 is 0 Å². The Morgan fingerprint density at radius 1 is 1.22 bits per heavy atom. The molecule has 3 rings (SSSR count). The van der Waals surface area contributed by atoms with E-state index in [0.29, 0.717) is 5.92 Å². The maximum Gasteiger partial charge on any atom is 0.122 e. The summed E-state index contributed by atoms with van der Waals surface area (Å²) in [5, 5.41) is 0. The van der Waals surface area contributed by atoms with Crippen LogP contribution < -0.4 is 10.5 Å². The molecule has 2 atom stereocenters. The van der Waals surface area contributed by atoms with Crippen LogP contribution in [0.5, 0.6) is 5.75 Å². The predicted molar refractivity (Wildman–Crippen MR) is 70.7 cm³/mol. The summed E-state index contributed by atoms with van der Waals surface area (Å²) in [6.07, 6.45) is 4.52. The maximum absolute atomic E-state index is 6.38. The lowest BCUT2D eigenvalue weighted by atomic mass is 9.88. The van der Waals surface area contributed by atoms with Gasteiger partial charge in [-0.2, -0.15) is 0 Å². The second-order valence-electron chi connectivity index (χ2n) is 5.32. The van der Waals surface area contributed by atoms with Crippen molar-refractivity contribution in [1.82, 2.24) is 0 Å². The van der Waals surface area contributed by atoms with Crippen molar-refractivity contribution >= 4 is 0 Å². The molecule has 0 spiro atoms. The molecule has 3 nitrogen and oxygen atoms in total. The zero-order chi connectivity index (χ0) is 12.4. The molecule has 0 amide bonds. The van der Waals surface area contributed by atoms with Gasteiger partial charge in [0.15, 0.2) is 0 Å². The van der Waals surface area contributed by atoms with Gasteiger partial charge in [-0.05, 0) is 42.9 Å². The standard InChI is InChI=1S/C15H21NO2/c16-15(13-4-1-7-17-10-13)12-5-6-14-11(9-12)3-2-8-18-14/h5-6,9,13,15H,1-4,7-8,10,16H2. The van der Waals surface area contributed by atoms with E-state index >= 15 is 0 Å². The summed E-state index contributed by atoms with van der Waals surface area (Å²) in [5.41, 5.74) is 8.92. The molecule has 1 saturated heterocycles. The third-order valence-electron chi connectivity index (χ3n) is 4.02. The first kappa shape index (κ1) is 12.0. The van der Waals surface area contributed by atoms with E-state index in [2.05, 4.69) is 18.2 Å². The molecule has 98 valence electrons. The van der Waals surface area contributed by atoms with Gasteiger partial charge in [-0.25, -0.2) is 0 Å². The number of rotatable bonds is 2. The third-order valence-corrected chi connectivity index (χ3v) is 4.02. The fourth-order valence-electron chi connectivity index (χ4n) is 2.91. The van der Waals surface area contributed by atoms with Gasteiger partial charge in [-0.1, -0.05) is 12.1 Å². The zero-order valence-corrected chi connectivity index (χ0v) is 10.7. The van der Waals surface area contributed by atoms with Gasteiger partial charge in [0.1, 0.15) is 5.75 Å². The van der Waals surface area contributed by atoms with Crippen molar-refractivity contribution in [1.29, 1.82) is 0 Å². The first-order valence-corrected chi connectivity index (χ1v) is 6.93. The first-order chi connectivity index (χ1) is 8.84.